The highest BCUT2D eigenvalue weighted by Crippen LogP contribution is 2.31. The number of hydrogen-bond donors (Lipinski definition) is 2. The van der Waals surface area contributed by atoms with Crippen molar-refractivity contribution >= 4 is 29.7 Å². The van der Waals surface area contributed by atoms with E-state index in [4.69, 9.17) is 15.2 Å². The molecule has 0 saturated heterocycles. The monoisotopic (exact) mass is 560 g/mol. The van der Waals surface area contributed by atoms with E-state index in [-0.39, 0.29) is 10.7 Å². The normalized spacial score (nSPS) is 14.1. The maximum Gasteiger partial charge on any atom is 0.423 e. The molecule has 0 aliphatic heterocycles. The van der Waals surface area contributed by atoms with Crippen LogP contribution in [0.4, 0.5) is 33.2 Å². The number of alkyl halides is 3. The minimum atomic E-state index is -4.92. The molecule has 0 saturated carbocycles. The fourth-order valence-corrected chi connectivity index (χ4v) is 2.89. The number of aliphatic imine (C=N–C) groups is 1. The largest absolute Gasteiger partial charge is 0.444 e. The van der Waals surface area contributed by atoms with Crippen molar-refractivity contribution in [1.29, 1.82) is 0 Å². The summed E-state index contributed by atoms with van der Waals surface area (Å²) in [6.07, 6.45) is -5.84. The van der Waals surface area contributed by atoms with Crippen LogP contribution in [0.1, 0.15) is 54.0 Å². The van der Waals surface area contributed by atoms with Crippen LogP contribution in [0.5, 0.6) is 0 Å². The van der Waals surface area contributed by atoms with Crippen molar-refractivity contribution in [2.24, 2.45) is 17.8 Å². The number of carbonyl (C=O) groups excluding carboxylic acids is 3. The summed E-state index contributed by atoms with van der Waals surface area (Å²) in [5, 5.41) is 2.30. The van der Waals surface area contributed by atoms with Crippen molar-refractivity contribution in [3.8, 4) is 0 Å². The fraction of sp³-hybridized carbons (Fsp3) is 0.542. The van der Waals surface area contributed by atoms with Crippen LogP contribution in [-0.2, 0) is 22.7 Å². The molecule has 0 fully saturated rings. The lowest BCUT2D eigenvalue weighted by molar-refractivity contribution is -0.138. The number of anilines is 1. The third-order valence-electron chi connectivity index (χ3n) is 4.80. The van der Waals surface area contributed by atoms with Crippen molar-refractivity contribution in [2.75, 3.05) is 11.9 Å². The molecule has 15 heteroatoms. The Morgan fingerprint density at radius 3 is 2.03 bits per heavy atom. The first-order valence-electron chi connectivity index (χ1n) is 11.5. The lowest BCUT2D eigenvalue weighted by Gasteiger charge is -2.38. The van der Waals surface area contributed by atoms with Gasteiger partial charge in [-0.25, -0.2) is 19.4 Å². The number of halogens is 3. The molecular formula is C24H35F3N6O6. The molecule has 0 spiro atoms. The Labute approximate surface area is 224 Å². The van der Waals surface area contributed by atoms with Gasteiger partial charge in [0.1, 0.15) is 22.6 Å². The smallest absolute Gasteiger partial charge is 0.423 e. The van der Waals surface area contributed by atoms with E-state index < -0.39 is 58.1 Å². The first-order chi connectivity index (χ1) is 17.4. The summed E-state index contributed by atoms with van der Waals surface area (Å²) in [6, 6.07) is -1.02. The summed E-state index contributed by atoms with van der Waals surface area (Å²) in [5.41, 5.74) is -1.19. The van der Waals surface area contributed by atoms with Crippen LogP contribution in [0.25, 0.3) is 0 Å². The number of amides is 4. The number of pyridine rings is 1. The van der Waals surface area contributed by atoms with Crippen LogP contribution < -0.4 is 21.5 Å². The second-order valence-corrected chi connectivity index (χ2v) is 10.6. The number of nitrogens with one attached hydrogen (secondary N) is 1. The number of alkyl carbamates (subject to hydrolysis) is 1. The van der Waals surface area contributed by atoms with Crippen molar-refractivity contribution in [2.45, 2.75) is 71.5 Å². The number of hydrogen-bond acceptors (Lipinski definition) is 8. The van der Waals surface area contributed by atoms with Crippen LogP contribution in [0, 0.1) is 0 Å². The molecule has 1 atom stereocenters. The van der Waals surface area contributed by atoms with Gasteiger partial charge in [0.25, 0.3) is 5.56 Å². The van der Waals surface area contributed by atoms with Gasteiger partial charge in [-0.05, 0) is 54.5 Å². The van der Waals surface area contributed by atoms with Crippen LogP contribution in [0.2, 0.25) is 0 Å². The molecule has 3 N–H and O–H groups in total. The van der Waals surface area contributed by atoms with Gasteiger partial charge in [-0.15, -0.1) is 0 Å². The second-order valence-electron chi connectivity index (χ2n) is 10.6. The average molecular weight is 561 g/mol. The number of carbonyl (C=O) groups is 3. The highest BCUT2D eigenvalue weighted by atomic mass is 19.4. The van der Waals surface area contributed by atoms with Gasteiger partial charge >= 0.3 is 24.4 Å². The number of rotatable bonds is 4. The molecular weight excluding hydrogens is 525 g/mol. The van der Waals surface area contributed by atoms with Gasteiger partial charge in [-0.3, -0.25) is 10.1 Å². The maximum atomic E-state index is 13.7. The second kappa shape index (κ2) is 11.5. The molecule has 12 nitrogen and oxygen atoms in total. The standard InChI is InChI=1S/C24H35F3N6O6/c1-11-29-17(30-18(35)38-21(2,3)4)23(8,28)32(10)19(36)33(20(37)39-22(5,6)7)15-12-14(24(25,26)27)13-31(9)16(15)34/h11-13H,1,28H2,2-10H3,(H,29,30,35). The molecule has 0 radical (unpaired) electrons. The summed E-state index contributed by atoms with van der Waals surface area (Å²) >= 11 is 0. The van der Waals surface area contributed by atoms with Crippen molar-refractivity contribution in [1.82, 2.24) is 14.8 Å². The van der Waals surface area contributed by atoms with E-state index in [0.29, 0.717) is 21.7 Å². The van der Waals surface area contributed by atoms with Crippen LogP contribution in [0.15, 0.2) is 34.8 Å². The number of nitrogens with two attached hydrogens (primary N) is 1. The number of likely N-dealkylation sites (N-methyl/N-ethyl adjacent to an activating group) is 1. The van der Waals surface area contributed by atoms with Gasteiger partial charge in [0.05, 0.1) is 5.56 Å². The van der Waals surface area contributed by atoms with E-state index in [2.05, 4.69) is 16.9 Å². The molecule has 1 rings (SSSR count). The van der Waals surface area contributed by atoms with Crippen LogP contribution in [-0.4, -0.2) is 57.4 Å². The lowest BCUT2D eigenvalue weighted by Crippen LogP contribution is -2.67. The molecule has 1 heterocycles. The molecule has 218 valence electrons. The van der Waals surface area contributed by atoms with Gasteiger partial charge in [0.15, 0.2) is 5.84 Å². The van der Waals surface area contributed by atoms with Crippen molar-refractivity contribution in [3.05, 3.63) is 41.0 Å². The molecule has 0 bridgehead atoms. The number of aryl methyl sites for hydroxylation is 1. The molecule has 4 amide bonds. The Balaban J connectivity index is 3.72. The van der Waals surface area contributed by atoms with E-state index in [9.17, 15) is 32.3 Å². The van der Waals surface area contributed by atoms with E-state index in [0.717, 1.165) is 20.3 Å². The number of nitrogens with zero attached hydrogens (tertiary/aromatic N) is 4. The Morgan fingerprint density at radius 2 is 1.59 bits per heavy atom. The lowest BCUT2D eigenvalue weighted by atomic mass is 10.1. The number of ether oxygens (including phenoxy) is 2. The first-order valence-corrected chi connectivity index (χ1v) is 11.5. The van der Waals surface area contributed by atoms with E-state index in [1.54, 1.807) is 20.8 Å². The molecule has 1 aromatic rings. The van der Waals surface area contributed by atoms with E-state index in [1.807, 2.05) is 0 Å². The molecule has 1 unspecified atom stereocenters. The zero-order chi connectivity index (χ0) is 30.7. The number of aromatic nitrogens is 1. The van der Waals surface area contributed by atoms with E-state index in [1.165, 1.54) is 27.7 Å². The molecule has 0 aliphatic carbocycles. The molecule has 0 aromatic carbocycles. The average Bonchev–Trinajstić information content (AvgIpc) is 2.72. The fourth-order valence-electron chi connectivity index (χ4n) is 2.89. The zero-order valence-electron chi connectivity index (χ0n) is 23.4. The summed E-state index contributed by atoms with van der Waals surface area (Å²) in [4.78, 5) is 56.8. The topological polar surface area (TPSA) is 149 Å². The maximum absolute atomic E-state index is 13.7. The quantitative estimate of drug-likeness (QED) is 0.322. The van der Waals surface area contributed by atoms with Gasteiger partial charge < -0.3 is 24.7 Å². The predicted molar refractivity (Wildman–Crippen MR) is 138 cm³/mol. The summed E-state index contributed by atoms with van der Waals surface area (Å²) in [6.45, 7) is 13.8. The molecule has 39 heavy (non-hydrogen) atoms. The number of imide groups is 1. The Morgan fingerprint density at radius 1 is 1.08 bits per heavy atom. The van der Waals surface area contributed by atoms with Crippen molar-refractivity contribution < 1.29 is 37.0 Å². The summed E-state index contributed by atoms with van der Waals surface area (Å²) in [7, 11) is 2.10. The predicted octanol–water partition coefficient (Wildman–Crippen LogP) is 3.94. The van der Waals surface area contributed by atoms with Gasteiger partial charge in [-0.1, -0.05) is 6.58 Å². The van der Waals surface area contributed by atoms with Gasteiger partial charge in [-0.2, -0.15) is 18.1 Å². The highest BCUT2D eigenvalue weighted by molar-refractivity contribution is 6.13. The number of urea groups is 1. The van der Waals surface area contributed by atoms with Crippen LogP contribution >= 0.6 is 0 Å². The summed E-state index contributed by atoms with van der Waals surface area (Å²) in [5.74, 6) is -0.372. The highest BCUT2D eigenvalue weighted by Gasteiger charge is 2.43. The summed E-state index contributed by atoms with van der Waals surface area (Å²) < 4.78 is 51.6. The third-order valence-corrected chi connectivity index (χ3v) is 4.80. The SMILES string of the molecule is C=CN=C(NC(=O)OC(C)(C)C)C(C)(N)N(C)C(=O)N(C(=O)OC(C)(C)C)c1cc(C(F)(F)F)cn(C)c1=O. The minimum Gasteiger partial charge on any atom is -0.444 e. The Hall–Kier alpha value is -3.88. The van der Waals surface area contributed by atoms with Gasteiger partial charge in [0, 0.05) is 26.5 Å². The zero-order valence-corrected chi connectivity index (χ0v) is 23.4. The van der Waals surface area contributed by atoms with E-state index >= 15 is 0 Å². The van der Waals surface area contributed by atoms with Gasteiger partial charge in [0.2, 0.25) is 0 Å². The number of amidine groups is 1. The van der Waals surface area contributed by atoms with Crippen molar-refractivity contribution in [3.63, 3.8) is 0 Å². The van der Waals surface area contributed by atoms with Crippen LogP contribution in [0.3, 0.4) is 0 Å². The first kappa shape index (κ1) is 33.1. The Kier molecular flexibility index (Phi) is 9.75. The molecule has 1 aromatic heterocycles. The minimum absolute atomic E-state index is 0.132. The molecule has 0 aliphatic rings. The Bertz CT molecular complexity index is 1210. The third kappa shape index (κ3) is 8.84.